The van der Waals surface area contributed by atoms with Crippen LogP contribution in [0.5, 0.6) is 5.75 Å². The van der Waals surface area contributed by atoms with E-state index < -0.39 is 0 Å². The molecule has 1 aliphatic heterocycles. The molecule has 1 aromatic carbocycles. The van der Waals surface area contributed by atoms with Crippen LogP contribution in [0.25, 0.3) is 0 Å². The molecule has 0 unspecified atom stereocenters. The average Bonchev–Trinajstić information content (AvgIpc) is 3.46. The number of hydrogen-bond acceptors (Lipinski definition) is 3. The number of likely N-dealkylation sites (tertiary alicyclic amines) is 1. The second-order valence-corrected chi connectivity index (χ2v) is 8.98. The number of hydrogen-bond donors (Lipinski definition) is 2. The summed E-state index contributed by atoms with van der Waals surface area (Å²) in [7, 11) is 0. The van der Waals surface area contributed by atoms with Crippen LogP contribution in [0.2, 0.25) is 0 Å². The maximum atomic E-state index is 11.8. The van der Waals surface area contributed by atoms with Crippen molar-refractivity contribution < 1.29 is 9.53 Å². The fourth-order valence-electron chi connectivity index (χ4n) is 3.34. The first kappa shape index (κ1) is 20.5. The molecule has 6 heteroatoms. The Kier molecular flexibility index (Phi) is 5.87. The number of ether oxygens (including phenoxy) is 1. The number of nitrogens with zero attached hydrogens (tertiary/aromatic N) is 2. The Morgan fingerprint density at radius 2 is 2.04 bits per heavy atom. The first-order valence-corrected chi connectivity index (χ1v) is 10.3. The van der Waals surface area contributed by atoms with E-state index in [1.807, 2.05) is 24.3 Å². The fourth-order valence-corrected chi connectivity index (χ4v) is 3.34. The van der Waals surface area contributed by atoms with Gasteiger partial charge in [0, 0.05) is 30.1 Å². The Balaban J connectivity index is 1.60. The lowest BCUT2D eigenvalue weighted by Crippen LogP contribution is -2.72. The summed E-state index contributed by atoms with van der Waals surface area (Å²) in [5, 5.41) is 6.35. The van der Waals surface area contributed by atoms with Crippen molar-refractivity contribution in [2.75, 3.05) is 19.7 Å². The summed E-state index contributed by atoms with van der Waals surface area (Å²) < 4.78 is 5.65. The maximum Gasteiger partial charge on any atom is 0.258 e. The molecule has 1 amide bonds. The van der Waals surface area contributed by atoms with E-state index in [2.05, 4.69) is 50.2 Å². The molecule has 1 heterocycles. The number of aliphatic imine (C=N–C) groups is 1. The molecule has 1 aromatic rings. The van der Waals surface area contributed by atoms with Gasteiger partial charge in [-0.2, -0.15) is 0 Å². The van der Waals surface area contributed by atoms with E-state index in [0.29, 0.717) is 18.3 Å². The topological polar surface area (TPSA) is 66.0 Å². The third kappa shape index (κ3) is 4.59. The van der Waals surface area contributed by atoms with Gasteiger partial charge in [-0.25, -0.2) is 4.99 Å². The number of nitrogens with one attached hydrogen (secondary N) is 2. The quantitative estimate of drug-likeness (QED) is 0.559. The summed E-state index contributed by atoms with van der Waals surface area (Å²) >= 11 is 0. The van der Waals surface area contributed by atoms with Crippen LogP contribution in [0.15, 0.2) is 29.3 Å². The number of carbonyl (C=O) groups excluding carboxylic acids is 1. The summed E-state index contributed by atoms with van der Waals surface area (Å²) in [4.78, 5) is 19.0. The van der Waals surface area contributed by atoms with Gasteiger partial charge in [-0.1, -0.05) is 26.0 Å². The Hall–Kier alpha value is -2.24. The van der Waals surface area contributed by atoms with Crippen molar-refractivity contribution in [1.29, 1.82) is 0 Å². The van der Waals surface area contributed by atoms with Gasteiger partial charge in [-0.15, -0.1) is 0 Å². The fraction of sp³-hybridized carbons (Fsp3) is 0.636. The van der Waals surface area contributed by atoms with Crippen LogP contribution in [0.1, 0.15) is 53.0 Å². The van der Waals surface area contributed by atoms with E-state index in [9.17, 15) is 4.79 Å². The van der Waals surface area contributed by atoms with Crippen LogP contribution in [-0.2, 0) is 11.3 Å². The molecule has 0 atom stereocenters. The highest BCUT2D eigenvalue weighted by Gasteiger charge is 2.53. The van der Waals surface area contributed by atoms with E-state index in [-0.39, 0.29) is 23.5 Å². The van der Waals surface area contributed by atoms with Crippen LogP contribution in [-0.4, -0.2) is 48.0 Å². The molecule has 154 valence electrons. The summed E-state index contributed by atoms with van der Waals surface area (Å²) in [6.07, 6.45) is 2.16. The van der Waals surface area contributed by atoms with Crippen molar-refractivity contribution in [3.8, 4) is 5.75 Å². The summed E-state index contributed by atoms with van der Waals surface area (Å²) in [6.45, 7) is 13.7. The van der Waals surface area contributed by atoms with E-state index in [1.54, 1.807) is 0 Å². The van der Waals surface area contributed by atoms with Crippen LogP contribution in [0.3, 0.4) is 0 Å². The lowest BCUT2D eigenvalue weighted by atomic mass is 9.65. The molecule has 0 spiro atoms. The largest absolute Gasteiger partial charge is 0.484 e. The van der Waals surface area contributed by atoms with Gasteiger partial charge in [-0.3, -0.25) is 4.79 Å². The Bertz CT molecular complexity index is 738. The molecule has 28 heavy (non-hydrogen) atoms. The summed E-state index contributed by atoms with van der Waals surface area (Å²) in [5.41, 5.74) is 1.39. The van der Waals surface area contributed by atoms with Crippen LogP contribution in [0.4, 0.5) is 0 Å². The van der Waals surface area contributed by atoms with Gasteiger partial charge in [0.25, 0.3) is 5.91 Å². The SMILES string of the molecule is CCNC(=NCc1cccc(OCC(=O)NC2CC2)c1)N1CC(C)(C)C1(C)C. The Morgan fingerprint density at radius 1 is 1.29 bits per heavy atom. The lowest BCUT2D eigenvalue weighted by molar-refractivity contribution is -0.123. The van der Waals surface area contributed by atoms with E-state index in [1.165, 1.54) is 0 Å². The van der Waals surface area contributed by atoms with Crippen molar-refractivity contribution in [3.05, 3.63) is 29.8 Å². The predicted molar refractivity (Wildman–Crippen MR) is 112 cm³/mol. The molecule has 2 N–H and O–H groups in total. The molecule has 1 saturated carbocycles. The number of benzene rings is 1. The zero-order valence-electron chi connectivity index (χ0n) is 17.8. The standard InChI is InChI=1S/C22H34N4O2/c1-6-23-20(26-15-21(2,3)22(26,4)5)24-13-16-8-7-9-18(12-16)28-14-19(27)25-17-10-11-17/h7-9,12,17H,6,10-11,13-15H2,1-5H3,(H,23,24)(H,25,27). The highest BCUT2D eigenvalue weighted by atomic mass is 16.5. The highest BCUT2D eigenvalue weighted by Crippen LogP contribution is 2.46. The Morgan fingerprint density at radius 3 is 2.64 bits per heavy atom. The van der Waals surface area contributed by atoms with Gasteiger partial charge in [0.05, 0.1) is 6.54 Å². The molecule has 0 bridgehead atoms. The average molecular weight is 387 g/mol. The summed E-state index contributed by atoms with van der Waals surface area (Å²) in [6, 6.07) is 8.18. The van der Waals surface area contributed by atoms with Gasteiger partial charge in [0.15, 0.2) is 12.6 Å². The molecule has 0 radical (unpaired) electrons. The molecule has 2 aliphatic rings. The van der Waals surface area contributed by atoms with Crippen molar-refractivity contribution in [1.82, 2.24) is 15.5 Å². The molecule has 2 fully saturated rings. The molecular weight excluding hydrogens is 352 g/mol. The van der Waals surface area contributed by atoms with E-state index in [0.717, 1.165) is 37.5 Å². The second-order valence-electron chi connectivity index (χ2n) is 8.98. The van der Waals surface area contributed by atoms with Gasteiger partial charge < -0.3 is 20.3 Å². The minimum absolute atomic E-state index is 0.0528. The molecule has 3 rings (SSSR count). The van der Waals surface area contributed by atoms with Crippen LogP contribution in [0, 0.1) is 5.41 Å². The predicted octanol–water partition coefficient (Wildman–Crippen LogP) is 2.93. The highest BCUT2D eigenvalue weighted by molar-refractivity contribution is 5.82. The third-order valence-electron chi connectivity index (χ3n) is 6.10. The molecule has 6 nitrogen and oxygen atoms in total. The second kappa shape index (κ2) is 8.02. The monoisotopic (exact) mass is 386 g/mol. The molecular formula is C22H34N4O2. The minimum Gasteiger partial charge on any atom is -0.484 e. The minimum atomic E-state index is -0.0528. The number of guanidine groups is 1. The molecule has 1 saturated heterocycles. The van der Waals surface area contributed by atoms with Crippen molar-refractivity contribution in [2.45, 2.75) is 65.6 Å². The van der Waals surface area contributed by atoms with Gasteiger partial charge in [0.2, 0.25) is 0 Å². The normalized spacial score (nSPS) is 20.3. The van der Waals surface area contributed by atoms with E-state index in [4.69, 9.17) is 9.73 Å². The van der Waals surface area contributed by atoms with Crippen LogP contribution < -0.4 is 15.4 Å². The third-order valence-corrected chi connectivity index (χ3v) is 6.10. The molecule has 0 aromatic heterocycles. The Labute approximate surface area is 168 Å². The van der Waals surface area contributed by atoms with Crippen molar-refractivity contribution >= 4 is 11.9 Å². The zero-order valence-corrected chi connectivity index (χ0v) is 17.8. The van der Waals surface area contributed by atoms with Crippen molar-refractivity contribution in [3.63, 3.8) is 0 Å². The summed E-state index contributed by atoms with van der Waals surface area (Å²) in [5.74, 6) is 1.60. The number of rotatable bonds is 7. The zero-order chi connectivity index (χ0) is 20.4. The molecule has 1 aliphatic carbocycles. The van der Waals surface area contributed by atoms with Gasteiger partial charge in [-0.05, 0) is 51.3 Å². The first-order chi connectivity index (χ1) is 13.2. The van der Waals surface area contributed by atoms with Gasteiger partial charge in [0.1, 0.15) is 5.75 Å². The maximum absolute atomic E-state index is 11.8. The van der Waals surface area contributed by atoms with Crippen LogP contribution >= 0.6 is 0 Å². The van der Waals surface area contributed by atoms with E-state index >= 15 is 0 Å². The first-order valence-electron chi connectivity index (χ1n) is 10.3. The smallest absolute Gasteiger partial charge is 0.258 e. The number of carbonyl (C=O) groups is 1. The number of amides is 1. The van der Waals surface area contributed by atoms with Gasteiger partial charge >= 0.3 is 0 Å². The lowest BCUT2D eigenvalue weighted by Gasteiger charge is -2.62. The van der Waals surface area contributed by atoms with Crippen molar-refractivity contribution in [2.24, 2.45) is 10.4 Å².